The highest BCUT2D eigenvalue weighted by Gasteiger charge is 2.16. The predicted molar refractivity (Wildman–Crippen MR) is 130 cm³/mol. The Morgan fingerprint density at radius 2 is 1.55 bits per heavy atom. The molecule has 0 fully saturated rings. The van der Waals surface area contributed by atoms with Crippen molar-refractivity contribution in [3.63, 3.8) is 0 Å². The zero-order valence-electron chi connectivity index (χ0n) is 19.0. The van der Waals surface area contributed by atoms with E-state index in [9.17, 15) is 9.18 Å². The van der Waals surface area contributed by atoms with Gasteiger partial charge in [0, 0.05) is 5.56 Å². The van der Waals surface area contributed by atoms with Gasteiger partial charge in [-0.25, -0.2) is 4.39 Å². The molecule has 33 heavy (non-hydrogen) atoms. The number of carbonyl (C=O) groups is 1. The number of anilines is 1. The first-order valence-corrected chi connectivity index (χ1v) is 11.4. The van der Waals surface area contributed by atoms with Crippen LogP contribution in [0.4, 0.5) is 10.1 Å². The summed E-state index contributed by atoms with van der Waals surface area (Å²) in [6.45, 7) is 8.78. The van der Waals surface area contributed by atoms with Crippen molar-refractivity contribution in [2.24, 2.45) is 0 Å². The van der Waals surface area contributed by atoms with Crippen LogP contribution in [0.5, 0.6) is 0 Å². The van der Waals surface area contributed by atoms with Crippen molar-refractivity contribution in [3.8, 4) is 0 Å². The summed E-state index contributed by atoms with van der Waals surface area (Å²) in [5.74, 6) is -0.483. The highest BCUT2D eigenvalue weighted by molar-refractivity contribution is 9.10. The van der Waals surface area contributed by atoms with Gasteiger partial charge < -0.3 is 5.32 Å². The molecule has 1 amide bonds. The molecule has 1 N–H and O–H groups in total. The average molecular weight is 510 g/mol. The largest absolute Gasteiger partial charge is 0.319 e. The molecule has 2 aromatic heterocycles. The smallest absolute Gasteiger partial charge is 0.255 e. The summed E-state index contributed by atoms with van der Waals surface area (Å²) in [6, 6.07) is 13.9. The summed E-state index contributed by atoms with van der Waals surface area (Å²) in [5.41, 5.74) is 6.64. The summed E-state index contributed by atoms with van der Waals surface area (Å²) in [5, 5.41) is 12.0. The Morgan fingerprint density at radius 3 is 2.18 bits per heavy atom. The first kappa shape index (κ1) is 22.9. The Kier molecular flexibility index (Phi) is 6.47. The second kappa shape index (κ2) is 9.31. The van der Waals surface area contributed by atoms with Crippen LogP contribution < -0.4 is 5.32 Å². The van der Waals surface area contributed by atoms with Gasteiger partial charge in [0.2, 0.25) is 0 Å². The molecule has 0 unspecified atom stereocenters. The van der Waals surface area contributed by atoms with Gasteiger partial charge in [-0.05, 0) is 79.0 Å². The molecule has 4 aromatic rings. The first-order chi connectivity index (χ1) is 15.7. The van der Waals surface area contributed by atoms with Crippen molar-refractivity contribution in [2.45, 2.75) is 40.8 Å². The molecular weight excluding hydrogens is 485 g/mol. The minimum Gasteiger partial charge on any atom is -0.319 e. The topological polar surface area (TPSA) is 64.7 Å². The molecular formula is C25H25BrFN5O. The third-order valence-electron chi connectivity index (χ3n) is 5.68. The normalized spacial score (nSPS) is 11.1. The lowest BCUT2D eigenvalue weighted by Crippen LogP contribution is -2.13. The van der Waals surface area contributed by atoms with Crippen LogP contribution in [0.25, 0.3) is 0 Å². The van der Waals surface area contributed by atoms with Gasteiger partial charge in [0.1, 0.15) is 5.82 Å². The molecule has 6 nitrogen and oxygen atoms in total. The second-order valence-corrected chi connectivity index (χ2v) is 8.92. The molecule has 0 aliphatic rings. The van der Waals surface area contributed by atoms with Crippen molar-refractivity contribution in [2.75, 3.05) is 5.32 Å². The second-order valence-electron chi connectivity index (χ2n) is 8.13. The van der Waals surface area contributed by atoms with Crippen molar-refractivity contribution in [1.82, 2.24) is 19.6 Å². The van der Waals surface area contributed by atoms with Gasteiger partial charge >= 0.3 is 0 Å². The fourth-order valence-corrected chi connectivity index (χ4v) is 4.07. The molecule has 0 saturated carbocycles. The van der Waals surface area contributed by atoms with Gasteiger partial charge in [0.05, 0.1) is 46.0 Å². The summed E-state index contributed by atoms with van der Waals surface area (Å²) in [7, 11) is 0. The van der Waals surface area contributed by atoms with Gasteiger partial charge in [0.25, 0.3) is 5.91 Å². The number of carbonyl (C=O) groups excluding carboxylic acids is 1. The number of benzene rings is 2. The van der Waals surface area contributed by atoms with E-state index >= 15 is 0 Å². The number of rotatable bonds is 6. The van der Waals surface area contributed by atoms with Crippen LogP contribution in [-0.4, -0.2) is 25.5 Å². The fraction of sp³-hybridized carbons (Fsp3) is 0.240. The average Bonchev–Trinajstić information content (AvgIpc) is 3.18. The van der Waals surface area contributed by atoms with E-state index in [4.69, 9.17) is 0 Å². The molecule has 0 saturated heterocycles. The van der Waals surface area contributed by atoms with E-state index < -0.39 is 0 Å². The maximum Gasteiger partial charge on any atom is 0.255 e. The van der Waals surface area contributed by atoms with Gasteiger partial charge in [-0.2, -0.15) is 10.2 Å². The van der Waals surface area contributed by atoms with Gasteiger partial charge in [-0.3, -0.25) is 14.2 Å². The monoisotopic (exact) mass is 509 g/mol. The van der Waals surface area contributed by atoms with E-state index in [2.05, 4.69) is 31.4 Å². The lowest BCUT2D eigenvalue weighted by atomic mass is 10.1. The van der Waals surface area contributed by atoms with Crippen LogP contribution in [-0.2, 0) is 13.1 Å². The number of hydrogen-bond donors (Lipinski definition) is 1. The first-order valence-electron chi connectivity index (χ1n) is 10.6. The molecule has 0 radical (unpaired) electrons. The third-order valence-corrected chi connectivity index (χ3v) is 6.83. The van der Waals surface area contributed by atoms with Gasteiger partial charge in [-0.15, -0.1) is 0 Å². The number of halogens is 2. The van der Waals surface area contributed by atoms with E-state index in [0.29, 0.717) is 30.0 Å². The Balaban J connectivity index is 1.47. The number of nitrogens with zero attached hydrogens (tertiary/aromatic N) is 4. The minimum atomic E-state index is -0.281. The van der Waals surface area contributed by atoms with Crippen molar-refractivity contribution in [3.05, 3.63) is 98.3 Å². The van der Waals surface area contributed by atoms with E-state index in [0.717, 1.165) is 32.7 Å². The zero-order valence-corrected chi connectivity index (χ0v) is 20.6. The Hall–Kier alpha value is -3.26. The van der Waals surface area contributed by atoms with Gasteiger partial charge in [-0.1, -0.05) is 24.3 Å². The van der Waals surface area contributed by atoms with Crippen molar-refractivity contribution < 1.29 is 9.18 Å². The lowest BCUT2D eigenvalue weighted by molar-refractivity contribution is 0.102. The number of amides is 1. The van der Waals surface area contributed by atoms with E-state index in [1.165, 1.54) is 12.1 Å². The Bertz CT molecular complexity index is 1320. The number of aromatic nitrogens is 4. The SMILES string of the molecule is Cc1nn(Cc2ccc(C(=O)Nc3c(C)nn(Cc4cccc(F)c4)c3C)cc2)c(C)c1Br. The van der Waals surface area contributed by atoms with Crippen molar-refractivity contribution >= 4 is 27.5 Å². The number of hydrogen-bond acceptors (Lipinski definition) is 3. The van der Waals surface area contributed by atoms with Crippen LogP contribution in [0.3, 0.4) is 0 Å². The van der Waals surface area contributed by atoms with Crippen molar-refractivity contribution in [1.29, 1.82) is 0 Å². The molecule has 4 rings (SSSR count). The number of nitrogens with one attached hydrogen (secondary N) is 1. The van der Waals surface area contributed by atoms with Crippen LogP contribution in [0.15, 0.2) is 53.0 Å². The summed E-state index contributed by atoms with van der Waals surface area (Å²) in [6.07, 6.45) is 0. The van der Waals surface area contributed by atoms with E-state index in [1.807, 2.05) is 62.7 Å². The Labute approximate surface area is 200 Å². The minimum absolute atomic E-state index is 0.202. The lowest BCUT2D eigenvalue weighted by Gasteiger charge is -2.09. The maximum absolute atomic E-state index is 13.5. The molecule has 8 heteroatoms. The highest BCUT2D eigenvalue weighted by Crippen LogP contribution is 2.23. The summed E-state index contributed by atoms with van der Waals surface area (Å²) in [4.78, 5) is 12.9. The summed E-state index contributed by atoms with van der Waals surface area (Å²) < 4.78 is 18.2. The maximum atomic E-state index is 13.5. The van der Waals surface area contributed by atoms with Crippen LogP contribution in [0, 0.1) is 33.5 Å². The van der Waals surface area contributed by atoms with E-state index in [-0.39, 0.29) is 11.7 Å². The standard InChI is InChI=1S/C25H25BrFN5O/c1-15-23(26)17(3)31(29-15)13-19-8-10-21(11-9-19)25(33)28-24-16(2)30-32(18(24)4)14-20-6-5-7-22(27)12-20/h5-12H,13-14H2,1-4H3,(H,28,33). The van der Waals surface area contributed by atoms with Crippen LogP contribution in [0.2, 0.25) is 0 Å². The summed E-state index contributed by atoms with van der Waals surface area (Å²) >= 11 is 3.55. The molecule has 2 heterocycles. The third kappa shape index (κ3) is 4.90. The van der Waals surface area contributed by atoms with Gasteiger partial charge in [0.15, 0.2) is 0 Å². The van der Waals surface area contributed by atoms with E-state index in [1.54, 1.807) is 10.7 Å². The predicted octanol–water partition coefficient (Wildman–Crippen LogP) is 5.56. The molecule has 0 atom stereocenters. The number of aryl methyl sites for hydroxylation is 2. The van der Waals surface area contributed by atoms with Crippen LogP contribution >= 0.6 is 15.9 Å². The van der Waals surface area contributed by atoms with Crippen LogP contribution in [0.1, 0.15) is 44.3 Å². The Morgan fingerprint density at radius 1 is 0.909 bits per heavy atom. The molecule has 0 bridgehead atoms. The fourth-order valence-electron chi connectivity index (χ4n) is 3.79. The molecule has 0 aliphatic heterocycles. The zero-order chi connectivity index (χ0) is 23.7. The molecule has 0 aliphatic carbocycles. The quantitative estimate of drug-likeness (QED) is 0.369. The molecule has 170 valence electrons. The molecule has 0 spiro atoms. The molecule has 2 aromatic carbocycles. The highest BCUT2D eigenvalue weighted by atomic mass is 79.9.